The highest BCUT2D eigenvalue weighted by molar-refractivity contribution is 6.02. The summed E-state index contributed by atoms with van der Waals surface area (Å²) in [6.45, 7) is 4.31. The highest BCUT2D eigenvalue weighted by Crippen LogP contribution is 2.34. The first-order valence-corrected chi connectivity index (χ1v) is 7.03. The van der Waals surface area contributed by atoms with Gasteiger partial charge < -0.3 is 15.8 Å². The number of hydrogen-bond donors (Lipinski definition) is 2. The monoisotopic (exact) mass is 282 g/mol. The molecule has 1 heterocycles. The Morgan fingerprint density at radius 2 is 1.76 bits per heavy atom. The fourth-order valence-corrected chi connectivity index (χ4v) is 2.39. The van der Waals surface area contributed by atoms with Crippen LogP contribution >= 0.6 is 0 Å². The number of hydrogen-bond acceptors (Lipinski definition) is 3. The molecule has 1 unspecified atom stereocenters. The standard InChI is InChI=1S/C17H18N2O2/c1-10(2)11-3-5-12(6-4-11)21-13-7-8-14-15(9-13)19-17(20)16(14)18/h3-10,16H,18H2,1-2H3,(H,19,20). The topological polar surface area (TPSA) is 64.3 Å². The maximum atomic E-state index is 11.5. The maximum absolute atomic E-state index is 11.5. The van der Waals surface area contributed by atoms with E-state index in [1.807, 2.05) is 24.3 Å². The van der Waals surface area contributed by atoms with Gasteiger partial charge >= 0.3 is 0 Å². The minimum atomic E-state index is -0.584. The van der Waals surface area contributed by atoms with Crippen molar-refractivity contribution in [2.75, 3.05) is 5.32 Å². The van der Waals surface area contributed by atoms with Gasteiger partial charge in [0.15, 0.2) is 0 Å². The van der Waals surface area contributed by atoms with Crippen molar-refractivity contribution in [2.24, 2.45) is 5.73 Å². The van der Waals surface area contributed by atoms with Crippen LogP contribution in [0.3, 0.4) is 0 Å². The smallest absolute Gasteiger partial charge is 0.245 e. The number of nitrogens with two attached hydrogens (primary N) is 1. The first-order valence-electron chi connectivity index (χ1n) is 7.03. The van der Waals surface area contributed by atoms with Crippen LogP contribution in [-0.4, -0.2) is 5.91 Å². The summed E-state index contributed by atoms with van der Waals surface area (Å²) < 4.78 is 5.82. The summed E-state index contributed by atoms with van der Waals surface area (Å²) in [7, 11) is 0. The van der Waals surface area contributed by atoms with Gasteiger partial charge in [-0.1, -0.05) is 32.0 Å². The molecule has 0 spiro atoms. The Balaban J connectivity index is 1.80. The number of fused-ring (bicyclic) bond motifs is 1. The molecule has 3 rings (SSSR count). The summed E-state index contributed by atoms with van der Waals surface area (Å²) in [6.07, 6.45) is 0. The lowest BCUT2D eigenvalue weighted by Crippen LogP contribution is -2.19. The number of amides is 1. The highest BCUT2D eigenvalue weighted by Gasteiger charge is 2.27. The van der Waals surface area contributed by atoms with Crippen LogP contribution in [-0.2, 0) is 4.79 Å². The normalized spacial score (nSPS) is 16.8. The summed E-state index contributed by atoms with van der Waals surface area (Å²) in [4.78, 5) is 11.5. The molecule has 0 radical (unpaired) electrons. The van der Waals surface area contributed by atoms with Crippen LogP contribution in [0.25, 0.3) is 0 Å². The van der Waals surface area contributed by atoms with Gasteiger partial charge in [-0.05, 0) is 29.7 Å². The molecule has 0 aromatic heterocycles. The molecule has 0 fully saturated rings. The first-order chi connectivity index (χ1) is 10.0. The second kappa shape index (κ2) is 5.22. The Bertz CT molecular complexity index is 678. The minimum Gasteiger partial charge on any atom is -0.457 e. The maximum Gasteiger partial charge on any atom is 0.245 e. The zero-order valence-electron chi connectivity index (χ0n) is 12.1. The number of rotatable bonds is 3. The predicted molar refractivity (Wildman–Crippen MR) is 82.6 cm³/mol. The lowest BCUT2D eigenvalue weighted by molar-refractivity contribution is -0.116. The van der Waals surface area contributed by atoms with Crippen molar-refractivity contribution >= 4 is 11.6 Å². The summed E-state index contributed by atoms with van der Waals surface area (Å²) in [6, 6.07) is 12.9. The number of ether oxygens (including phenoxy) is 1. The summed E-state index contributed by atoms with van der Waals surface area (Å²) in [5.74, 6) is 1.77. The van der Waals surface area contributed by atoms with Gasteiger partial charge in [0.2, 0.25) is 5.91 Å². The minimum absolute atomic E-state index is 0.177. The van der Waals surface area contributed by atoms with E-state index in [1.165, 1.54) is 5.56 Å². The number of carbonyl (C=O) groups excluding carboxylic acids is 1. The zero-order chi connectivity index (χ0) is 15.0. The molecule has 0 saturated heterocycles. The molecule has 108 valence electrons. The Kier molecular flexibility index (Phi) is 3.39. The number of anilines is 1. The highest BCUT2D eigenvalue weighted by atomic mass is 16.5. The quantitative estimate of drug-likeness (QED) is 0.904. The van der Waals surface area contributed by atoms with E-state index in [0.29, 0.717) is 11.7 Å². The third-order valence-electron chi connectivity index (χ3n) is 3.68. The molecular formula is C17H18N2O2. The van der Waals surface area contributed by atoms with E-state index >= 15 is 0 Å². The lowest BCUT2D eigenvalue weighted by atomic mass is 10.0. The van der Waals surface area contributed by atoms with E-state index in [9.17, 15) is 4.79 Å². The first kappa shape index (κ1) is 13.6. The molecule has 4 nitrogen and oxygen atoms in total. The Morgan fingerprint density at radius 3 is 2.43 bits per heavy atom. The number of carbonyl (C=O) groups is 1. The van der Waals surface area contributed by atoms with E-state index < -0.39 is 6.04 Å². The van der Waals surface area contributed by atoms with E-state index in [-0.39, 0.29) is 5.91 Å². The molecule has 0 bridgehead atoms. The van der Waals surface area contributed by atoms with Crippen LogP contribution in [0.5, 0.6) is 11.5 Å². The molecule has 1 aliphatic rings. The Morgan fingerprint density at radius 1 is 1.10 bits per heavy atom. The van der Waals surface area contributed by atoms with Gasteiger partial charge in [-0.3, -0.25) is 4.79 Å². The van der Waals surface area contributed by atoms with Crippen molar-refractivity contribution < 1.29 is 9.53 Å². The molecule has 0 saturated carbocycles. The summed E-state index contributed by atoms with van der Waals surface area (Å²) in [5.41, 5.74) is 8.59. The van der Waals surface area contributed by atoms with Gasteiger partial charge in [0.05, 0.1) is 0 Å². The molecule has 1 aliphatic heterocycles. The van der Waals surface area contributed by atoms with Crippen molar-refractivity contribution in [2.45, 2.75) is 25.8 Å². The van der Waals surface area contributed by atoms with Crippen molar-refractivity contribution in [1.29, 1.82) is 0 Å². The molecular weight excluding hydrogens is 264 g/mol. The second-order valence-corrected chi connectivity index (χ2v) is 5.54. The SMILES string of the molecule is CC(C)c1ccc(Oc2ccc3c(c2)NC(=O)C3N)cc1. The molecule has 1 atom stereocenters. The van der Waals surface area contributed by atoms with E-state index in [2.05, 4.69) is 31.3 Å². The Labute approximate surface area is 123 Å². The molecule has 21 heavy (non-hydrogen) atoms. The van der Waals surface area contributed by atoms with Crippen LogP contribution in [0.1, 0.15) is 36.9 Å². The molecule has 1 amide bonds. The van der Waals surface area contributed by atoms with E-state index in [1.54, 1.807) is 6.07 Å². The second-order valence-electron chi connectivity index (χ2n) is 5.54. The molecule has 0 aliphatic carbocycles. The van der Waals surface area contributed by atoms with Crippen LogP contribution < -0.4 is 15.8 Å². The van der Waals surface area contributed by atoms with Gasteiger partial charge in [0.25, 0.3) is 0 Å². The van der Waals surface area contributed by atoms with Crippen molar-refractivity contribution in [3.63, 3.8) is 0 Å². The largest absolute Gasteiger partial charge is 0.457 e. The van der Waals surface area contributed by atoms with Crippen molar-refractivity contribution in [1.82, 2.24) is 0 Å². The Hall–Kier alpha value is -2.33. The van der Waals surface area contributed by atoms with E-state index in [0.717, 1.165) is 17.0 Å². The third-order valence-corrected chi connectivity index (χ3v) is 3.68. The van der Waals surface area contributed by atoms with Gasteiger partial charge in [-0.25, -0.2) is 0 Å². The molecule has 2 aromatic carbocycles. The van der Waals surface area contributed by atoms with Crippen molar-refractivity contribution in [3.8, 4) is 11.5 Å². The predicted octanol–water partition coefficient (Wildman–Crippen LogP) is 3.55. The van der Waals surface area contributed by atoms with Gasteiger partial charge in [0, 0.05) is 17.3 Å². The zero-order valence-corrected chi connectivity index (χ0v) is 12.1. The average Bonchev–Trinajstić information content (AvgIpc) is 2.74. The van der Waals surface area contributed by atoms with Crippen LogP contribution in [0.15, 0.2) is 42.5 Å². The molecule has 2 aromatic rings. The fourth-order valence-electron chi connectivity index (χ4n) is 2.39. The number of benzene rings is 2. The summed E-state index contributed by atoms with van der Waals surface area (Å²) >= 11 is 0. The molecule has 4 heteroatoms. The van der Waals surface area contributed by atoms with Crippen LogP contribution in [0.4, 0.5) is 5.69 Å². The van der Waals surface area contributed by atoms with Gasteiger partial charge in [-0.2, -0.15) is 0 Å². The van der Waals surface area contributed by atoms with E-state index in [4.69, 9.17) is 10.5 Å². The lowest BCUT2D eigenvalue weighted by Gasteiger charge is -2.10. The van der Waals surface area contributed by atoms with Gasteiger partial charge in [0.1, 0.15) is 17.5 Å². The molecule has 3 N–H and O–H groups in total. The van der Waals surface area contributed by atoms with Gasteiger partial charge in [-0.15, -0.1) is 0 Å². The van der Waals surface area contributed by atoms with Crippen LogP contribution in [0.2, 0.25) is 0 Å². The summed E-state index contributed by atoms with van der Waals surface area (Å²) in [5, 5.41) is 2.75. The third kappa shape index (κ3) is 2.62. The fraction of sp³-hybridized carbons (Fsp3) is 0.235. The van der Waals surface area contributed by atoms with Crippen molar-refractivity contribution in [3.05, 3.63) is 53.6 Å². The average molecular weight is 282 g/mol. The van der Waals surface area contributed by atoms with Crippen LogP contribution in [0, 0.1) is 0 Å². The number of nitrogens with one attached hydrogen (secondary N) is 1.